The Labute approximate surface area is 248 Å². The van der Waals surface area contributed by atoms with Crippen LogP contribution < -0.4 is 19.1 Å². The minimum Gasteiger partial charge on any atom is -0.507 e. The highest BCUT2D eigenvalue weighted by Gasteiger charge is 2.48. The first-order valence-corrected chi connectivity index (χ1v) is 15.1. The lowest BCUT2D eigenvalue weighted by Crippen LogP contribution is -2.29. The normalized spacial score (nSPS) is 19.3. The van der Waals surface area contributed by atoms with Gasteiger partial charge in [-0.1, -0.05) is 36.8 Å². The van der Waals surface area contributed by atoms with Crippen LogP contribution in [0.4, 0.5) is 5.13 Å². The van der Waals surface area contributed by atoms with E-state index >= 15 is 0 Å². The summed E-state index contributed by atoms with van der Waals surface area (Å²) >= 11 is 1.30. The molecule has 2 aliphatic heterocycles. The van der Waals surface area contributed by atoms with Crippen molar-refractivity contribution >= 4 is 44.1 Å². The topological polar surface area (TPSA) is 98.2 Å². The van der Waals surface area contributed by atoms with Crippen molar-refractivity contribution in [2.45, 2.75) is 52.2 Å². The number of aromatic nitrogens is 1. The predicted molar refractivity (Wildman–Crippen MR) is 163 cm³/mol. The zero-order valence-corrected chi connectivity index (χ0v) is 24.6. The molecule has 0 bridgehead atoms. The van der Waals surface area contributed by atoms with Gasteiger partial charge in [-0.25, -0.2) is 4.98 Å². The highest BCUT2D eigenvalue weighted by atomic mass is 32.1. The number of thiazole rings is 1. The quantitative estimate of drug-likeness (QED) is 0.0997. The highest BCUT2D eigenvalue weighted by molar-refractivity contribution is 7.22. The average molecular weight is 585 g/mol. The Kier molecular flexibility index (Phi) is 7.60. The van der Waals surface area contributed by atoms with Crippen LogP contribution in [-0.2, 0) is 16.0 Å². The number of hydrogen-bond donors (Lipinski definition) is 1. The van der Waals surface area contributed by atoms with E-state index < -0.39 is 17.7 Å². The molecule has 42 heavy (non-hydrogen) atoms. The number of ketones is 1. The SMILES string of the molecule is CCCCOc1ccc([C@H]2C(=C(O)c3ccc4c(c3)C[C@@H](C)O4)C(=O)C(=O)N2c2nc3ccc(OCC)cc3s2)cc1. The first kappa shape index (κ1) is 27.8. The molecule has 0 saturated carbocycles. The fraction of sp³-hybridized carbons (Fsp3) is 0.303. The summed E-state index contributed by atoms with van der Waals surface area (Å²) in [4.78, 5) is 33.5. The second-order valence-electron chi connectivity index (χ2n) is 10.5. The van der Waals surface area contributed by atoms with Gasteiger partial charge in [-0.2, -0.15) is 0 Å². The van der Waals surface area contributed by atoms with E-state index in [9.17, 15) is 14.7 Å². The molecule has 0 spiro atoms. The Morgan fingerprint density at radius 2 is 1.83 bits per heavy atom. The maximum atomic E-state index is 13.7. The summed E-state index contributed by atoms with van der Waals surface area (Å²) in [6, 6.07) is 17.3. The van der Waals surface area contributed by atoms with E-state index in [0.29, 0.717) is 52.9 Å². The molecule has 1 fully saturated rings. The third-order valence-corrected chi connectivity index (χ3v) is 8.46. The van der Waals surface area contributed by atoms with Gasteiger partial charge < -0.3 is 19.3 Å². The van der Waals surface area contributed by atoms with Crippen molar-refractivity contribution in [1.82, 2.24) is 4.98 Å². The number of anilines is 1. The van der Waals surface area contributed by atoms with Crippen LogP contribution in [0.1, 0.15) is 56.3 Å². The van der Waals surface area contributed by atoms with Gasteiger partial charge in [0.05, 0.1) is 35.0 Å². The van der Waals surface area contributed by atoms with Gasteiger partial charge in [0, 0.05) is 12.0 Å². The van der Waals surface area contributed by atoms with Crippen molar-refractivity contribution < 1.29 is 28.9 Å². The van der Waals surface area contributed by atoms with E-state index in [4.69, 9.17) is 19.2 Å². The number of Topliss-reactive ketones (excluding diaryl/α,β-unsaturated/α-hetero) is 1. The zero-order valence-electron chi connectivity index (χ0n) is 23.8. The molecule has 4 aromatic rings. The molecule has 1 aromatic heterocycles. The van der Waals surface area contributed by atoms with Gasteiger partial charge in [0.15, 0.2) is 5.13 Å². The molecule has 2 aliphatic rings. The summed E-state index contributed by atoms with van der Waals surface area (Å²) in [5.41, 5.74) is 2.76. The van der Waals surface area contributed by atoms with Gasteiger partial charge in [-0.3, -0.25) is 14.5 Å². The second kappa shape index (κ2) is 11.5. The van der Waals surface area contributed by atoms with Crippen LogP contribution >= 0.6 is 11.3 Å². The number of amides is 1. The maximum absolute atomic E-state index is 13.7. The number of nitrogens with zero attached hydrogens (tertiary/aromatic N) is 2. The van der Waals surface area contributed by atoms with Gasteiger partial charge in [-0.15, -0.1) is 0 Å². The minimum absolute atomic E-state index is 0.0147. The molecule has 0 aliphatic carbocycles. The van der Waals surface area contributed by atoms with E-state index in [1.54, 1.807) is 12.1 Å². The van der Waals surface area contributed by atoms with E-state index in [0.717, 1.165) is 28.9 Å². The number of benzene rings is 3. The molecule has 8 nitrogen and oxygen atoms in total. The van der Waals surface area contributed by atoms with Crippen molar-refractivity contribution in [3.8, 4) is 17.2 Å². The fourth-order valence-corrected chi connectivity index (χ4v) is 6.42. The number of hydrogen-bond acceptors (Lipinski definition) is 8. The second-order valence-corrected chi connectivity index (χ2v) is 11.5. The Bertz CT molecular complexity index is 1690. The number of fused-ring (bicyclic) bond motifs is 2. The number of ether oxygens (including phenoxy) is 3. The molecule has 9 heteroatoms. The van der Waals surface area contributed by atoms with Crippen molar-refractivity contribution in [1.29, 1.82) is 0 Å². The fourth-order valence-electron chi connectivity index (χ4n) is 5.40. The van der Waals surface area contributed by atoms with Crippen LogP contribution in [0.5, 0.6) is 17.2 Å². The zero-order chi connectivity index (χ0) is 29.4. The van der Waals surface area contributed by atoms with E-state index in [1.165, 1.54) is 16.2 Å². The minimum atomic E-state index is -0.884. The predicted octanol–water partition coefficient (Wildman–Crippen LogP) is 6.82. The monoisotopic (exact) mass is 584 g/mol. The maximum Gasteiger partial charge on any atom is 0.301 e. The lowest BCUT2D eigenvalue weighted by molar-refractivity contribution is -0.132. The molecule has 6 rings (SSSR count). The van der Waals surface area contributed by atoms with E-state index in [-0.39, 0.29) is 17.4 Å². The van der Waals surface area contributed by atoms with Crippen LogP contribution in [0.25, 0.3) is 16.0 Å². The molecule has 0 unspecified atom stereocenters. The lowest BCUT2D eigenvalue weighted by atomic mass is 9.94. The van der Waals surface area contributed by atoms with Crippen molar-refractivity contribution in [2.75, 3.05) is 18.1 Å². The van der Waals surface area contributed by atoms with Crippen LogP contribution in [0.3, 0.4) is 0 Å². The first-order valence-electron chi connectivity index (χ1n) is 14.2. The molecule has 3 aromatic carbocycles. The van der Waals surface area contributed by atoms with Crippen molar-refractivity contribution in [3.63, 3.8) is 0 Å². The molecule has 2 atom stereocenters. The summed E-state index contributed by atoms with van der Waals surface area (Å²) in [6.07, 6.45) is 2.69. The summed E-state index contributed by atoms with van der Waals surface area (Å²) < 4.78 is 18.1. The molecule has 1 N–H and O–H groups in total. The Balaban J connectivity index is 1.46. The van der Waals surface area contributed by atoms with Crippen LogP contribution in [0.2, 0.25) is 0 Å². The molecule has 1 amide bonds. The van der Waals surface area contributed by atoms with Crippen molar-refractivity contribution in [2.24, 2.45) is 0 Å². The summed E-state index contributed by atoms with van der Waals surface area (Å²) in [7, 11) is 0. The van der Waals surface area contributed by atoms with Crippen LogP contribution in [0, 0.1) is 0 Å². The van der Waals surface area contributed by atoms with Gasteiger partial charge in [0.1, 0.15) is 29.1 Å². The number of unbranched alkanes of at least 4 members (excludes halogenated alkanes) is 1. The first-order chi connectivity index (χ1) is 20.4. The van der Waals surface area contributed by atoms with Crippen LogP contribution in [-0.4, -0.2) is 41.1 Å². The number of rotatable bonds is 9. The van der Waals surface area contributed by atoms with Gasteiger partial charge in [0.25, 0.3) is 5.78 Å². The molecule has 1 saturated heterocycles. The Morgan fingerprint density at radius 3 is 2.60 bits per heavy atom. The largest absolute Gasteiger partial charge is 0.507 e. The van der Waals surface area contributed by atoms with Gasteiger partial charge >= 0.3 is 5.91 Å². The third kappa shape index (κ3) is 5.09. The standard InChI is InChI=1S/C33H32N2O6S/c1-4-6-15-40-23-10-7-20(8-11-23)29-28(30(36)21-9-14-26-22(17-21)16-19(3)41-26)31(37)32(38)35(29)33-34-25-13-12-24(39-5-2)18-27(25)42-33/h7-14,17-19,29,36H,4-6,15-16H2,1-3H3/t19-,29+/m1/s1. The summed E-state index contributed by atoms with van der Waals surface area (Å²) in [5, 5.41) is 12.0. The van der Waals surface area contributed by atoms with Crippen LogP contribution in [0.15, 0.2) is 66.2 Å². The number of carbonyl (C=O) groups is 2. The summed E-state index contributed by atoms with van der Waals surface area (Å²) in [5.74, 6) is 0.418. The molecular formula is C33H32N2O6S. The number of aliphatic hydroxyl groups is 1. The highest BCUT2D eigenvalue weighted by Crippen LogP contribution is 2.45. The van der Waals surface area contributed by atoms with E-state index in [1.807, 2.05) is 62.4 Å². The third-order valence-electron chi connectivity index (χ3n) is 7.44. The van der Waals surface area contributed by atoms with Gasteiger partial charge in [-0.05, 0) is 79.9 Å². The van der Waals surface area contributed by atoms with Gasteiger partial charge in [0.2, 0.25) is 0 Å². The molecule has 0 radical (unpaired) electrons. The number of aliphatic hydroxyl groups excluding tert-OH is 1. The number of carbonyl (C=O) groups excluding carboxylic acids is 2. The van der Waals surface area contributed by atoms with E-state index in [2.05, 4.69) is 6.92 Å². The molecule has 3 heterocycles. The molecule has 216 valence electrons. The average Bonchev–Trinajstić information content (AvgIpc) is 3.65. The Hall–Kier alpha value is -4.37. The Morgan fingerprint density at radius 1 is 1.05 bits per heavy atom. The molecular weight excluding hydrogens is 552 g/mol. The van der Waals surface area contributed by atoms with Crippen molar-refractivity contribution in [3.05, 3.63) is 82.9 Å². The summed E-state index contributed by atoms with van der Waals surface area (Å²) in [6.45, 7) is 7.12. The smallest absolute Gasteiger partial charge is 0.301 e. The lowest BCUT2D eigenvalue weighted by Gasteiger charge is -2.23.